The van der Waals surface area contributed by atoms with Crippen molar-refractivity contribution >= 4 is 6.16 Å². The van der Waals surface area contributed by atoms with Crippen LogP contribution in [0.25, 0.3) is 0 Å². The summed E-state index contributed by atoms with van der Waals surface area (Å²) in [6, 6.07) is 0. The third-order valence-corrected chi connectivity index (χ3v) is 0.471. The molecule has 0 heterocycles. The summed E-state index contributed by atoms with van der Waals surface area (Å²) in [5, 5.41) is 13.9. The van der Waals surface area contributed by atoms with Crippen LogP contribution in [0.15, 0.2) is 12.7 Å². The van der Waals surface area contributed by atoms with Crippen LogP contribution in [0.4, 0.5) is 4.79 Å². The Morgan fingerprint density at radius 2 is 1.67 bits per heavy atom. The molecule has 0 unspecified atom stereocenters. The van der Waals surface area contributed by atoms with E-state index in [1.54, 1.807) is 0 Å². The molecular formula is C6H12O3. The first kappa shape index (κ1) is 10.9. The summed E-state index contributed by atoms with van der Waals surface area (Å²) < 4.78 is 0. The topological polar surface area (TPSA) is 57.5 Å². The number of hydrogen-bond donors (Lipinski definition) is 2. The molecule has 0 aromatic carbocycles. The molecule has 0 saturated carbocycles. The second-order valence-electron chi connectivity index (χ2n) is 1.76. The van der Waals surface area contributed by atoms with E-state index < -0.39 is 6.16 Å². The van der Waals surface area contributed by atoms with E-state index >= 15 is 0 Å². The van der Waals surface area contributed by atoms with Crippen molar-refractivity contribution < 1.29 is 15.0 Å². The first-order valence-electron chi connectivity index (χ1n) is 2.55. The van der Waals surface area contributed by atoms with Gasteiger partial charge >= 0.3 is 6.16 Å². The summed E-state index contributed by atoms with van der Waals surface area (Å²) in [6.45, 7) is 7.77. The van der Waals surface area contributed by atoms with Gasteiger partial charge in [-0.3, -0.25) is 0 Å². The van der Waals surface area contributed by atoms with Gasteiger partial charge in [-0.05, 0) is 5.92 Å². The average Bonchev–Trinajstić information content (AvgIpc) is 1.65. The number of allylic oxidation sites excluding steroid dienone is 1. The quantitative estimate of drug-likeness (QED) is 0.537. The van der Waals surface area contributed by atoms with Gasteiger partial charge in [0.2, 0.25) is 0 Å². The molecule has 0 aliphatic heterocycles. The molecule has 54 valence electrons. The smallest absolute Gasteiger partial charge is 0.450 e. The van der Waals surface area contributed by atoms with E-state index in [1.165, 1.54) is 0 Å². The standard InChI is InChI=1S/C5H10.CH2O3/c1-4-5(2)3;2-1(3)4/h4-5H,1H2,2-3H3;(H2,2,3,4). The maximum Gasteiger partial charge on any atom is 0.503 e. The highest BCUT2D eigenvalue weighted by Crippen LogP contribution is 1.87. The molecule has 0 spiro atoms. The zero-order valence-corrected chi connectivity index (χ0v) is 5.66. The maximum absolute atomic E-state index is 8.56. The van der Waals surface area contributed by atoms with Crippen LogP contribution in [0.2, 0.25) is 0 Å². The molecular weight excluding hydrogens is 120 g/mol. The third kappa shape index (κ3) is 172. The minimum Gasteiger partial charge on any atom is -0.450 e. The van der Waals surface area contributed by atoms with Crippen molar-refractivity contribution in [2.24, 2.45) is 5.92 Å². The lowest BCUT2D eigenvalue weighted by Crippen LogP contribution is -1.81. The summed E-state index contributed by atoms with van der Waals surface area (Å²) >= 11 is 0. The predicted molar refractivity (Wildman–Crippen MR) is 35.7 cm³/mol. The van der Waals surface area contributed by atoms with Gasteiger partial charge in [0.1, 0.15) is 0 Å². The fourth-order valence-corrected chi connectivity index (χ4v) is 0. The van der Waals surface area contributed by atoms with Crippen LogP contribution in [0.3, 0.4) is 0 Å². The fourth-order valence-electron chi connectivity index (χ4n) is 0. The molecule has 0 aliphatic carbocycles. The second-order valence-corrected chi connectivity index (χ2v) is 1.76. The monoisotopic (exact) mass is 132 g/mol. The molecule has 0 rings (SSSR count). The lowest BCUT2D eigenvalue weighted by Gasteiger charge is -1.84. The molecule has 0 amide bonds. The number of hydrogen-bond acceptors (Lipinski definition) is 1. The van der Waals surface area contributed by atoms with Gasteiger partial charge in [0.05, 0.1) is 0 Å². The van der Waals surface area contributed by atoms with Crippen molar-refractivity contribution in [1.82, 2.24) is 0 Å². The molecule has 0 radical (unpaired) electrons. The normalized spacial score (nSPS) is 7.44. The van der Waals surface area contributed by atoms with Gasteiger partial charge in [0, 0.05) is 0 Å². The summed E-state index contributed by atoms with van der Waals surface area (Å²) in [6.07, 6.45) is 0.0833. The summed E-state index contributed by atoms with van der Waals surface area (Å²) in [5.74, 6) is 0.648. The Bertz CT molecular complexity index is 82.3. The highest BCUT2D eigenvalue weighted by Gasteiger charge is 1.73. The van der Waals surface area contributed by atoms with Gasteiger partial charge < -0.3 is 10.2 Å². The SMILES string of the molecule is C=CC(C)C.O=C(O)O. The average molecular weight is 132 g/mol. The van der Waals surface area contributed by atoms with Crippen LogP contribution in [0, 0.1) is 5.92 Å². The minimum atomic E-state index is -1.83. The van der Waals surface area contributed by atoms with Gasteiger partial charge in [-0.25, -0.2) is 4.79 Å². The van der Waals surface area contributed by atoms with Crippen LogP contribution >= 0.6 is 0 Å². The van der Waals surface area contributed by atoms with Gasteiger partial charge in [-0.2, -0.15) is 0 Å². The van der Waals surface area contributed by atoms with E-state index in [0.717, 1.165) is 0 Å². The zero-order valence-electron chi connectivity index (χ0n) is 5.66. The van der Waals surface area contributed by atoms with Gasteiger partial charge in [0.15, 0.2) is 0 Å². The molecule has 0 saturated heterocycles. The maximum atomic E-state index is 8.56. The van der Waals surface area contributed by atoms with Crippen molar-refractivity contribution in [1.29, 1.82) is 0 Å². The van der Waals surface area contributed by atoms with Crippen molar-refractivity contribution in [2.45, 2.75) is 13.8 Å². The molecule has 0 aliphatic rings. The van der Waals surface area contributed by atoms with Crippen LogP contribution in [0.5, 0.6) is 0 Å². The summed E-state index contributed by atoms with van der Waals surface area (Å²) in [5.41, 5.74) is 0. The molecule has 3 nitrogen and oxygen atoms in total. The Hall–Kier alpha value is -0.990. The Balaban J connectivity index is 0. The van der Waals surface area contributed by atoms with Crippen molar-refractivity contribution in [3.63, 3.8) is 0 Å². The van der Waals surface area contributed by atoms with Crippen LogP contribution in [-0.4, -0.2) is 16.4 Å². The first-order chi connectivity index (χ1) is 4.00. The molecule has 0 bridgehead atoms. The second kappa shape index (κ2) is 7.01. The van der Waals surface area contributed by atoms with Crippen molar-refractivity contribution in [2.75, 3.05) is 0 Å². The van der Waals surface area contributed by atoms with E-state index in [2.05, 4.69) is 20.4 Å². The molecule has 0 aromatic rings. The first-order valence-corrected chi connectivity index (χ1v) is 2.55. The van der Waals surface area contributed by atoms with E-state index in [0.29, 0.717) is 5.92 Å². The molecule has 0 aromatic heterocycles. The van der Waals surface area contributed by atoms with Gasteiger partial charge in [-0.15, -0.1) is 6.58 Å². The largest absolute Gasteiger partial charge is 0.503 e. The van der Waals surface area contributed by atoms with Crippen LogP contribution in [0.1, 0.15) is 13.8 Å². The van der Waals surface area contributed by atoms with Crippen LogP contribution < -0.4 is 0 Å². The Kier molecular flexibility index (Phi) is 8.49. The minimum absolute atomic E-state index is 0.648. The lowest BCUT2D eigenvalue weighted by molar-refractivity contribution is 0.137. The molecule has 2 N–H and O–H groups in total. The molecule has 0 fully saturated rings. The van der Waals surface area contributed by atoms with E-state index in [1.807, 2.05) is 6.08 Å². The molecule has 0 atom stereocenters. The van der Waals surface area contributed by atoms with Crippen LogP contribution in [-0.2, 0) is 0 Å². The Labute approximate surface area is 54.6 Å². The number of rotatable bonds is 1. The molecule has 3 heteroatoms. The summed E-state index contributed by atoms with van der Waals surface area (Å²) in [7, 11) is 0. The third-order valence-electron chi connectivity index (χ3n) is 0.471. The fraction of sp³-hybridized carbons (Fsp3) is 0.500. The van der Waals surface area contributed by atoms with Gasteiger partial charge in [0.25, 0.3) is 0 Å². The zero-order chi connectivity index (χ0) is 7.86. The van der Waals surface area contributed by atoms with E-state index in [4.69, 9.17) is 15.0 Å². The molecule has 9 heavy (non-hydrogen) atoms. The Morgan fingerprint density at radius 3 is 1.67 bits per heavy atom. The highest BCUT2D eigenvalue weighted by atomic mass is 16.6. The predicted octanol–water partition coefficient (Wildman–Crippen LogP) is 2.05. The van der Waals surface area contributed by atoms with Crippen molar-refractivity contribution in [3.8, 4) is 0 Å². The number of carbonyl (C=O) groups is 1. The van der Waals surface area contributed by atoms with Gasteiger partial charge in [-0.1, -0.05) is 19.9 Å². The van der Waals surface area contributed by atoms with E-state index in [-0.39, 0.29) is 0 Å². The van der Waals surface area contributed by atoms with E-state index in [9.17, 15) is 0 Å². The lowest BCUT2D eigenvalue weighted by atomic mass is 10.2. The highest BCUT2D eigenvalue weighted by molar-refractivity contribution is 5.53. The van der Waals surface area contributed by atoms with Crippen molar-refractivity contribution in [3.05, 3.63) is 12.7 Å². The number of carboxylic acid groups (broad SMARTS) is 2. The Morgan fingerprint density at radius 1 is 1.56 bits per heavy atom. The summed E-state index contributed by atoms with van der Waals surface area (Å²) in [4.78, 5) is 8.56.